The maximum atomic E-state index is 13.0. The fourth-order valence-corrected chi connectivity index (χ4v) is 2.79. The minimum Gasteiger partial charge on any atom is -0.457 e. The van der Waals surface area contributed by atoms with Crippen LogP contribution in [-0.2, 0) is 6.18 Å². The third-order valence-corrected chi connectivity index (χ3v) is 4.36. The van der Waals surface area contributed by atoms with Crippen LogP contribution < -0.4 is 15.4 Å². The van der Waals surface area contributed by atoms with Crippen LogP contribution in [0.2, 0.25) is 5.02 Å². The number of halogens is 4. The topological polar surface area (TPSA) is 83.6 Å². The number of nitrogens with zero attached hydrogens (tertiary/aromatic N) is 2. The van der Waals surface area contributed by atoms with Gasteiger partial charge in [0.05, 0.1) is 10.6 Å². The molecule has 0 aliphatic carbocycles. The molecule has 3 aromatic rings. The smallest absolute Gasteiger partial charge is 0.417 e. The van der Waals surface area contributed by atoms with Gasteiger partial charge in [0.2, 0.25) is 0 Å². The number of hydrogen-bond donors (Lipinski definition) is 2. The molecule has 0 fully saturated rings. The van der Waals surface area contributed by atoms with E-state index in [1.165, 1.54) is 36.4 Å². The first kappa shape index (κ1) is 16.8. The number of nitrogens with one attached hydrogen (secondary N) is 2. The monoisotopic (exact) mass is 484 g/mol. The van der Waals surface area contributed by atoms with E-state index in [1.807, 2.05) is 0 Å². The van der Waals surface area contributed by atoms with Gasteiger partial charge in [0.25, 0.3) is 5.91 Å². The number of pyridine rings is 1. The second kappa shape index (κ2) is 9.78. The number of alkyl halides is 3. The molecule has 1 aromatic heterocycles. The lowest BCUT2D eigenvalue weighted by molar-refractivity contribution is -0.137. The van der Waals surface area contributed by atoms with Crippen LogP contribution in [0.1, 0.15) is 24.3 Å². The van der Waals surface area contributed by atoms with E-state index < -0.39 is 48.3 Å². The predicted molar refractivity (Wildman–Crippen MR) is 118 cm³/mol. The zero-order valence-electron chi connectivity index (χ0n) is 22.4. The highest BCUT2D eigenvalue weighted by Gasteiger charge is 2.33. The first-order valence-electron chi connectivity index (χ1n) is 12.0. The SMILES string of the molecule is [2H]C([2H])([2H])N(C(=O)c1cc(Oc2ccc(NC(=O)Nc3ccc(Cl)c(C(F)(F)F)c3)cc2)ccn1)C([2H])([2H])[2H]. The van der Waals surface area contributed by atoms with Gasteiger partial charge >= 0.3 is 12.2 Å². The average Bonchev–Trinajstić information content (AvgIpc) is 2.79. The summed E-state index contributed by atoms with van der Waals surface area (Å²) in [4.78, 5) is 28.3. The van der Waals surface area contributed by atoms with Crippen molar-refractivity contribution in [3.8, 4) is 11.5 Å². The van der Waals surface area contributed by atoms with Crippen LogP contribution in [0.15, 0.2) is 60.8 Å². The normalized spacial score (nSPS) is 14.4. The minimum absolute atomic E-state index is 0.0334. The molecule has 0 saturated heterocycles. The van der Waals surface area contributed by atoms with E-state index in [0.29, 0.717) is 6.07 Å². The van der Waals surface area contributed by atoms with Crippen LogP contribution >= 0.6 is 11.6 Å². The number of rotatable bonds is 5. The quantitative estimate of drug-likeness (QED) is 0.473. The fourth-order valence-electron chi connectivity index (χ4n) is 2.56. The van der Waals surface area contributed by atoms with Crippen molar-refractivity contribution in [1.82, 2.24) is 9.88 Å². The van der Waals surface area contributed by atoms with Gasteiger partial charge in [-0.05, 0) is 48.5 Å². The Bertz CT molecular complexity index is 1350. The van der Waals surface area contributed by atoms with Gasteiger partial charge in [-0.2, -0.15) is 13.2 Å². The number of anilines is 2. The Labute approximate surface area is 200 Å². The number of ether oxygens (including phenoxy) is 1. The standard InChI is InChI=1S/C22H18ClF3N4O3/c1-30(2)20(31)19-12-16(9-10-27-19)33-15-6-3-13(4-7-15)28-21(32)29-14-5-8-18(23)17(11-14)22(24,25)26/h3-12H,1-2H3,(H2,28,29,32)/i1D3,2D3. The van der Waals surface area contributed by atoms with Crippen LogP contribution in [0.5, 0.6) is 11.5 Å². The van der Waals surface area contributed by atoms with E-state index in [-0.39, 0.29) is 27.8 Å². The van der Waals surface area contributed by atoms with Crippen molar-refractivity contribution in [1.29, 1.82) is 0 Å². The van der Waals surface area contributed by atoms with E-state index in [1.54, 1.807) is 0 Å². The van der Waals surface area contributed by atoms with E-state index in [4.69, 9.17) is 24.6 Å². The Hall–Kier alpha value is -3.79. The number of urea groups is 1. The number of carbonyl (C=O) groups excluding carboxylic acids is 2. The van der Waals surface area contributed by atoms with Crippen molar-refractivity contribution in [2.45, 2.75) is 6.18 Å². The summed E-state index contributed by atoms with van der Waals surface area (Å²) in [7, 11) is 0. The van der Waals surface area contributed by atoms with Gasteiger partial charge in [0, 0.05) is 45.8 Å². The maximum Gasteiger partial charge on any atom is 0.417 e. The number of hydrogen-bond acceptors (Lipinski definition) is 4. The Kier molecular flexibility index (Phi) is 4.98. The number of benzene rings is 2. The molecule has 0 radical (unpaired) electrons. The largest absolute Gasteiger partial charge is 0.457 e. The predicted octanol–water partition coefficient (Wildman–Crippen LogP) is 5.89. The number of amides is 3. The zero-order chi connectivity index (χ0) is 29.2. The third kappa shape index (κ3) is 6.36. The highest BCUT2D eigenvalue weighted by molar-refractivity contribution is 6.31. The van der Waals surface area contributed by atoms with Crippen LogP contribution in [-0.4, -0.2) is 35.8 Å². The highest BCUT2D eigenvalue weighted by Crippen LogP contribution is 2.36. The molecule has 3 rings (SSSR count). The first-order chi connectivity index (χ1) is 17.9. The maximum absolute atomic E-state index is 13.0. The molecule has 2 aromatic carbocycles. The van der Waals surface area contributed by atoms with Crippen molar-refractivity contribution in [2.75, 3.05) is 24.6 Å². The molecular weight excluding hydrogens is 461 g/mol. The molecule has 0 unspecified atom stereocenters. The van der Waals surface area contributed by atoms with Gasteiger partial charge in [-0.3, -0.25) is 9.78 Å². The summed E-state index contributed by atoms with van der Waals surface area (Å²) in [6, 6.07) is 10.1. The lowest BCUT2D eigenvalue weighted by Gasteiger charge is -2.13. The molecular formula is C22H18ClF3N4O3. The molecule has 11 heteroatoms. The van der Waals surface area contributed by atoms with Gasteiger partial charge in [-0.15, -0.1) is 0 Å². The summed E-state index contributed by atoms with van der Waals surface area (Å²) in [5, 5.41) is 4.19. The summed E-state index contributed by atoms with van der Waals surface area (Å²) in [6.45, 7) is -6.49. The number of aromatic nitrogens is 1. The van der Waals surface area contributed by atoms with E-state index >= 15 is 0 Å². The molecule has 1 heterocycles. The van der Waals surface area contributed by atoms with Gasteiger partial charge in [-0.25, -0.2) is 4.79 Å². The van der Waals surface area contributed by atoms with E-state index in [9.17, 15) is 22.8 Å². The lowest BCUT2D eigenvalue weighted by Crippen LogP contribution is -2.22. The Morgan fingerprint density at radius 1 is 1.00 bits per heavy atom. The van der Waals surface area contributed by atoms with Crippen LogP contribution in [0.3, 0.4) is 0 Å². The molecule has 0 aliphatic heterocycles. The van der Waals surface area contributed by atoms with Gasteiger partial charge in [-0.1, -0.05) is 11.6 Å². The average molecular weight is 485 g/mol. The summed E-state index contributed by atoms with van der Waals surface area (Å²) in [6.07, 6.45) is -3.57. The van der Waals surface area contributed by atoms with Gasteiger partial charge in [0.15, 0.2) is 0 Å². The summed E-state index contributed by atoms with van der Waals surface area (Å²) >= 11 is 5.57. The van der Waals surface area contributed by atoms with Crippen LogP contribution in [0.4, 0.5) is 29.3 Å². The highest BCUT2D eigenvalue weighted by atomic mass is 35.5. The molecule has 0 saturated carbocycles. The third-order valence-electron chi connectivity index (χ3n) is 4.03. The second-order valence-electron chi connectivity index (χ2n) is 6.42. The minimum atomic E-state index is -4.70. The Morgan fingerprint density at radius 2 is 1.67 bits per heavy atom. The molecule has 0 aliphatic rings. The van der Waals surface area contributed by atoms with Crippen molar-refractivity contribution < 1.29 is 35.7 Å². The van der Waals surface area contributed by atoms with E-state index in [0.717, 1.165) is 18.3 Å². The zero-order valence-corrected chi connectivity index (χ0v) is 17.2. The summed E-state index contributed by atoms with van der Waals surface area (Å²) < 4.78 is 88.8. The lowest BCUT2D eigenvalue weighted by atomic mass is 10.2. The van der Waals surface area contributed by atoms with Crippen molar-refractivity contribution >= 4 is 34.9 Å². The van der Waals surface area contributed by atoms with Crippen LogP contribution in [0.25, 0.3) is 0 Å². The second-order valence-corrected chi connectivity index (χ2v) is 6.82. The molecule has 3 amide bonds. The Morgan fingerprint density at radius 3 is 2.33 bits per heavy atom. The molecule has 0 spiro atoms. The number of carbonyl (C=O) groups is 2. The van der Waals surface area contributed by atoms with Gasteiger partial charge in [0.1, 0.15) is 17.2 Å². The fraction of sp³-hybridized carbons (Fsp3) is 0.136. The molecule has 172 valence electrons. The molecule has 2 N–H and O–H groups in total. The Balaban J connectivity index is 1.67. The molecule has 33 heavy (non-hydrogen) atoms. The van der Waals surface area contributed by atoms with E-state index in [2.05, 4.69) is 15.6 Å². The summed E-state index contributed by atoms with van der Waals surface area (Å²) in [5.74, 6) is -1.11. The molecule has 7 nitrogen and oxygen atoms in total. The first-order valence-corrected chi connectivity index (χ1v) is 9.36. The van der Waals surface area contributed by atoms with Crippen molar-refractivity contribution in [2.24, 2.45) is 0 Å². The van der Waals surface area contributed by atoms with Gasteiger partial charge < -0.3 is 20.3 Å². The van der Waals surface area contributed by atoms with Crippen molar-refractivity contribution in [3.05, 3.63) is 77.1 Å². The van der Waals surface area contributed by atoms with Crippen molar-refractivity contribution in [3.63, 3.8) is 0 Å². The molecule has 0 bridgehead atoms. The summed E-state index contributed by atoms with van der Waals surface area (Å²) in [5.41, 5.74) is -1.47. The van der Waals surface area contributed by atoms with Crippen LogP contribution in [0, 0.1) is 0 Å². The molecule has 0 atom stereocenters.